The largest absolute Gasteiger partial charge is 0.360 e. The molecular weight excluding hydrogens is 266 g/mol. The number of nitrogens with zero attached hydrogens (tertiary/aromatic N) is 4. The van der Waals surface area contributed by atoms with Gasteiger partial charge in [0, 0.05) is 18.1 Å². The fourth-order valence-corrected chi connectivity index (χ4v) is 2.14. The third-order valence-electron chi connectivity index (χ3n) is 1.57. The van der Waals surface area contributed by atoms with Crippen LogP contribution in [0.5, 0.6) is 0 Å². The van der Waals surface area contributed by atoms with Crippen molar-refractivity contribution < 1.29 is 0 Å². The van der Waals surface area contributed by atoms with Crippen molar-refractivity contribution in [1.29, 1.82) is 0 Å². The summed E-state index contributed by atoms with van der Waals surface area (Å²) in [6.45, 7) is 1.58. The van der Waals surface area contributed by atoms with Crippen LogP contribution in [0.25, 0.3) is 0 Å². The summed E-state index contributed by atoms with van der Waals surface area (Å²) in [5.41, 5.74) is 0. The first kappa shape index (κ1) is 9.60. The number of rotatable bonds is 4. The first-order chi connectivity index (χ1) is 6.84. The predicted molar refractivity (Wildman–Crippen MR) is 58.3 cm³/mol. The van der Waals surface area contributed by atoms with E-state index in [1.54, 1.807) is 22.2 Å². The van der Waals surface area contributed by atoms with Gasteiger partial charge in [-0.1, -0.05) is 5.21 Å². The fourth-order valence-electron chi connectivity index (χ4n) is 0.965. The Hall–Kier alpha value is -0.950. The molecule has 7 heteroatoms. The molecule has 0 bridgehead atoms. The minimum atomic E-state index is 0.789. The molecule has 2 rings (SSSR count). The van der Waals surface area contributed by atoms with Gasteiger partial charge in [0.1, 0.15) is 4.60 Å². The average Bonchev–Trinajstić information content (AvgIpc) is 2.77. The standard InChI is InChI=1S/C7H8BrN5S/c8-6-5-14-7(11-6)9-1-3-13-4-2-10-12-13/h2,4-5H,1,3H2,(H,9,11). The van der Waals surface area contributed by atoms with E-state index in [2.05, 4.69) is 36.5 Å². The molecule has 0 aliphatic rings. The summed E-state index contributed by atoms with van der Waals surface area (Å²) >= 11 is 4.87. The molecule has 0 fully saturated rings. The molecule has 0 saturated carbocycles. The zero-order chi connectivity index (χ0) is 9.80. The third-order valence-corrected chi connectivity index (χ3v) is 3.07. The van der Waals surface area contributed by atoms with Gasteiger partial charge in [-0.15, -0.1) is 16.4 Å². The first-order valence-corrected chi connectivity index (χ1v) is 5.71. The van der Waals surface area contributed by atoms with Gasteiger partial charge in [-0.05, 0) is 15.9 Å². The Labute approximate surface area is 93.3 Å². The van der Waals surface area contributed by atoms with E-state index < -0.39 is 0 Å². The highest BCUT2D eigenvalue weighted by molar-refractivity contribution is 9.10. The summed E-state index contributed by atoms with van der Waals surface area (Å²) in [5, 5.41) is 13.6. The maximum atomic E-state index is 4.21. The van der Waals surface area contributed by atoms with Gasteiger partial charge in [0.2, 0.25) is 0 Å². The van der Waals surface area contributed by atoms with Gasteiger partial charge >= 0.3 is 0 Å². The number of nitrogens with one attached hydrogen (secondary N) is 1. The topological polar surface area (TPSA) is 55.6 Å². The molecule has 14 heavy (non-hydrogen) atoms. The number of aromatic nitrogens is 4. The number of anilines is 1. The van der Waals surface area contributed by atoms with Crippen molar-refractivity contribution in [3.8, 4) is 0 Å². The van der Waals surface area contributed by atoms with E-state index in [4.69, 9.17) is 0 Å². The van der Waals surface area contributed by atoms with Crippen LogP contribution >= 0.6 is 27.3 Å². The van der Waals surface area contributed by atoms with Gasteiger partial charge in [-0.2, -0.15) is 0 Å². The van der Waals surface area contributed by atoms with Crippen molar-refractivity contribution >= 4 is 32.4 Å². The van der Waals surface area contributed by atoms with E-state index in [9.17, 15) is 0 Å². The minimum Gasteiger partial charge on any atom is -0.360 e. The van der Waals surface area contributed by atoms with E-state index in [1.165, 1.54) is 0 Å². The Bertz CT molecular complexity index is 384. The van der Waals surface area contributed by atoms with E-state index in [-0.39, 0.29) is 0 Å². The van der Waals surface area contributed by atoms with Crippen LogP contribution in [-0.4, -0.2) is 26.5 Å². The highest BCUT2D eigenvalue weighted by Gasteiger charge is 1.97. The molecule has 2 aromatic heterocycles. The van der Waals surface area contributed by atoms with Crippen molar-refractivity contribution in [3.05, 3.63) is 22.4 Å². The lowest BCUT2D eigenvalue weighted by Crippen LogP contribution is -2.10. The van der Waals surface area contributed by atoms with Crippen LogP contribution in [0.15, 0.2) is 22.4 Å². The quantitative estimate of drug-likeness (QED) is 0.920. The molecule has 0 aromatic carbocycles. The molecule has 0 aliphatic carbocycles. The minimum absolute atomic E-state index is 0.789. The van der Waals surface area contributed by atoms with Gasteiger partial charge < -0.3 is 5.32 Å². The van der Waals surface area contributed by atoms with Gasteiger partial charge in [-0.3, -0.25) is 4.68 Å². The maximum absolute atomic E-state index is 4.21. The molecule has 0 saturated heterocycles. The highest BCUT2D eigenvalue weighted by Crippen LogP contribution is 2.18. The van der Waals surface area contributed by atoms with E-state index >= 15 is 0 Å². The summed E-state index contributed by atoms with van der Waals surface area (Å²) < 4.78 is 2.64. The van der Waals surface area contributed by atoms with Crippen LogP contribution in [0.3, 0.4) is 0 Å². The Morgan fingerprint density at radius 3 is 3.14 bits per heavy atom. The monoisotopic (exact) mass is 273 g/mol. The zero-order valence-corrected chi connectivity index (χ0v) is 9.62. The van der Waals surface area contributed by atoms with Crippen LogP contribution in [-0.2, 0) is 6.54 Å². The molecule has 2 heterocycles. The van der Waals surface area contributed by atoms with Gasteiger partial charge in [0.15, 0.2) is 5.13 Å². The lowest BCUT2D eigenvalue weighted by molar-refractivity contribution is 0.609. The molecular formula is C7H8BrN5S. The van der Waals surface area contributed by atoms with Crippen LogP contribution in [0.4, 0.5) is 5.13 Å². The maximum Gasteiger partial charge on any atom is 0.183 e. The second kappa shape index (κ2) is 4.52. The average molecular weight is 274 g/mol. The Balaban J connectivity index is 1.78. The molecule has 0 aliphatic heterocycles. The Kier molecular flexibility index (Phi) is 3.10. The number of hydrogen-bond donors (Lipinski definition) is 1. The molecule has 0 radical (unpaired) electrons. The molecule has 0 amide bonds. The van der Waals surface area contributed by atoms with Crippen molar-refractivity contribution in [2.24, 2.45) is 0 Å². The fraction of sp³-hybridized carbons (Fsp3) is 0.286. The van der Waals surface area contributed by atoms with Crippen LogP contribution < -0.4 is 5.32 Å². The van der Waals surface area contributed by atoms with Crippen molar-refractivity contribution in [2.45, 2.75) is 6.54 Å². The van der Waals surface area contributed by atoms with Crippen LogP contribution in [0.2, 0.25) is 0 Å². The molecule has 74 valence electrons. The van der Waals surface area contributed by atoms with Gasteiger partial charge in [0.25, 0.3) is 0 Å². The number of halogens is 1. The van der Waals surface area contributed by atoms with E-state index in [1.807, 2.05) is 11.6 Å². The second-order valence-electron chi connectivity index (χ2n) is 2.57. The van der Waals surface area contributed by atoms with E-state index in [0.29, 0.717) is 0 Å². The van der Waals surface area contributed by atoms with Gasteiger partial charge in [-0.25, -0.2) is 4.98 Å². The molecule has 2 aromatic rings. The SMILES string of the molecule is Brc1csc(NCCn2ccnn2)n1. The van der Waals surface area contributed by atoms with Crippen molar-refractivity contribution in [3.63, 3.8) is 0 Å². The van der Waals surface area contributed by atoms with Gasteiger partial charge in [0.05, 0.1) is 12.7 Å². The highest BCUT2D eigenvalue weighted by atomic mass is 79.9. The lowest BCUT2D eigenvalue weighted by Gasteiger charge is -2.01. The summed E-state index contributed by atoms with van der Waals surface area (Å²) in [6, 6.07) is 0. The Morgan fingerprint density at radius 1 is 1.57 bits per heavy atom. The van der Waals surface area contributed by atoms with Crippen molar-refractivity contribution in [2.75, 3.05) is 11.9 Å². The number of thiazole rings is 1. The van der Waals surface area contributed by atoms with E-state index in [0.717, 1.165) is 22.8 Å². The summed E-state index contributed by atoms with van der Waals surface area (Å²) in [5.74, 6) is 0. The molecule has 0 spiro atoms. The molecule has 0 atom stereocenters. The smallest absolute Gasteiger partial charge is 0.183 e. The molecule has 0 unspecified atom stereocenters. The third kappa shape index (κ3) is 2.52. The second-order valence-corrected chi connectivity index (χ2v) is 4.24. The van der Waals surface area contributed by atoms with Crippen molar-refractivity contribution in [1.82, 2.24) is 20.0 Å². The first-order valence-electron chi connectivity index (χ1n) is 4.03. The Morgan fingerprint density at radius 2 is 2.50 bits per heavy atom. The van der Waals surface area contributed by atoms with Crippen LogP contribution in [0.1, 0.15) is 0 Å². The lowest BCUT2D eigenvalue weighted by atomic mass is 10.6. The normalized spacial score (nSPS) is 10.4. The number of hydrogen-bond acceptors (Lipinski definition) is 5. The summed E-state index contributed by atoms with van der Waals surface area (Å²) in [4.78, 5) is 4.21. The molecule has 5 nitrogen and oxygen atoms in total. The molecule has 1 N–H and O–H groups in total. The van der Waals surface area contributed by atoms with Crippen LogP contribution in [0, 0.1) is 0 Å². The summed E-state index contributed by atoms with van der Waals surface area (Å²) in [7, 11) is 0. The summed E-state index contributed by atoms with van der Waals surface area (Å²) in [6.07, 6.45) is 3.50. The predicted octanol–water partition coefficient (Wildman–Crippen LogP) is 1.61. The zero-order valence-electron chi connectivity index (χ0n) is 7.22.